The van der Waals surface area contributed by atoms with Crippen molar-refractivity contribution in [1.82, 2.24) is 0 Å². The molecule has 1 nitrogen and oxygen atoms in total. The fraction of sp³-hybridized carbons (Fsp3) is 0.571. The zero-order chi connectivity index (χ0) is 13.1. The van der Waals surface area contributed by atoms with Crippen molar-refractivity contribution >= 4 is 12.6 Å². The Hall–Kier alpha value is -0.470. The Labute approximate surface area is 106 Å². The van der Waals surface area contributed by atoms with Crippen LogP contribution in [-0.2, 0) is 6.61 Å². The Bertz CT molecular complexity index is 267. The van der Waals surface area contributed by atoms with E-state index in [9.17, 15) is 0 Å². The summed E-state index contributed by atoms with van der Waals surface area (Å²) in [5.74, 6) is 0. The predicted molar refractivity (Wildman–Crippen MR) is 77.3 cm³/mol. The van der Waals surface area contributed by atoms with E-state index >= 15 is 0 Å². The number of hydrogen-bond acceptors (Lipinski definition) is 2. The van der Waals surface area contributed by atoms with Crippen LogP contribution in [-0.4, -0.2) is 10.4 Å². The van der Waals surface area contributed by atoms with Gasteiger partial charge in [-0.2, -0.15) is 12.6 Å². The highest BCUT2D eigenvalue weighted by atomic mass is 32.1. The van der Waals surface area contributed by atoms with E-state index in [2.05, 4.69) is 18.7 Å². The second-order valence-electron chi connectivity index (χ2n) is 3.68. The largest absolute Gasteiger partial charge is 0.392 e. The van der Waals surface area contributed by atoms with Gasteiger partial charge in [0.1, 0.15) is 0 Å². The number of benzene rings is 1. The van der Waals surface area contributed by atoms with Gasteiger partial charge in [-0.05, 0) is 30.2 Å². The second kappa shape index (κ2) is 11.0. The summed E-state index contributed by atoms with van der Waals surface area (Å²) in [6, 6.07) is 6.05. The minimum Gasteiger partial charge on any atom is -0.392 e. The zero-order valence-corrected chi connectivity index (χ0v) is 12.3. The summed E-state index contributed by atoms with van der Waals surface area (Å²) in [7, 11) is 0. The summed E-state index contributed by atoms with van der Waals surface area (Å²) >= 11 is 3.97. The molecule has 0 bridgehead atoms. The summed E-state index contributed by atoms with van der Waals surface area (Å²) in [5, 5.41) is 9.34. The molecule has 2 heteroatoms. The smallest absolute Gasteiger partial charge is 0.0684 e. The molecule has 1 rings (SSSR count). The predicted octanol–water partition coefficient (Wildman–Crippen LogP) is 4.15. The molecule has 0 unspecified atom stereocenters. The van der Waals surface area contributed by atoms with Gasteiger partial charge in [-0.15, -0.1) is 0 Å². The third-order valence-corrected chi connectivity index (χ3v) is 1.67. The molecule has 0 aliphatic rings. The third-order valence-electron chi connectivity index (χ3n) is 1.67. The Balaban J connectivity index is 0. The minimum atomic E-state index is 0.145. The van der Waals surface area contributed by atoms with Crippen LogP contribution in [0.3, 0.4) is 0 Å². The van der Waals surface area contributed by atoms with Gasteiger partial charge in [-0.3, -0.25) is 0 Å². The number of aryl methyl sites for hydroxylation is 2. The number of thiol groups is 1. The summed E-state index contributed by atoms with van der Waals surface area (Å²) < 4.78 is 0. The van der Waals surface area contributed by atoms with E-state index in [1.165, 1.54) is 11.1 Å². The average Bonchev–Trinajstić information content (AvgIpc) is 2.20. The van der Waals surface area contributed by atoms with Gasteiger partial charge in [0.15, 0.2) is 0 Å². The van der Waals surface area contributed by atoms with Crippen LogP contribution in [0.4, 0.5) is 0 Å². The molecule has 0 amide bonds. The van der Waals surface area contributed by atoms with Crippen LogP contribution in [0, 0.1) is 13.8 Å². The first kappa shape index (κ1) is 17.9. The van der Waals surface area contributed by atoms with Gasteiger partial charge in [0.25, 0.3) is 0 Å². The highest BCUT2D eigenvalue weighted by Gasteiger charge is 1.94. The zero-order valence-electron chi connectivity index (χ0n) is 11.4. The molecule has 0 saturated heterocycles. The summed E-state index contributed by atoms with van der Waals surface area (Å²) in [5.41, 5.74) is 3.43. The van der Waals surface area contributed by atoms with Crippen LogP contribution >= 0.6 is 12.6 Å². The Morgan fingerprint density at radius 3 is 1.94 bits per heavy atom. The molecule has 1 N–H and O–H groups in total. The lowest BCUT2D eigenvalue weighted by Gasteiger charge is -2.01. The SMILES string of the molecule is CC.CC(C)S.Cc1ccc(CO)c(C)c1. The second-order valence-corrected chi connectivity index (χ2v) is 4.71. The number of rotatable bonds is 1. The van der Waals surface area contributed by atoms with Crippen molar-refractivity contribution in [2.75, 3.05) is 0 Å². The lowest BCUT2D eigenvalue weighted by Crippen LogP contribution is -1.87. The van der Waals surface area contributed by atoms with E-state index in [4.69, 9.17) is 5.11 Å². The molecule has 94 valence electrons. The molecular formula is C14H26OS. The maximum atomic E-state index is 8.81. The van der Waals surface area contributed by atoms with Gasteiger partial charge in [-0.25, -0.2) is 0 Å². The summed E-state index contributed by atoms with van der Waals surface area (Å²) in [4.78, 5) is 0. The fourth-order valence-electron chi connectivity index (χ4n) is 1.02. The van der Waals surface area contributed by atoms with Crippen molar-refractivity contribution in [2.24, 2.45) is 0 Å². The van der Waals surface area contributed by atoms with E-state index < -0.39 is 0 Å². The molecule has 1 aromatic rings. The first-order valence-electron chi connectivity index (χ1n) is 5.82. The fourth-order valence-corrected chi connectivity index (χ4v) is 1.02. The first-order valence-corrected chi connectivity index (χ1v) is 6.34. The molecular weight excluding hydrogens is 216 g/mol. The summed E-state index contributed by atoms with van der Waals surface area (Å²) in [6.07, 6.45) is 0. The van der Waals surface area contributed by atoms with Crippen molar-refractivity contribution < 1.29 is 5.11 Å². The van der Waals surface area contributed by atoms with Crippen molar-refractivity contribution in [3.8, 4) is 0 Å². The lowest BCUT2D eigenvalue weighted by atomic mass is 10.1. The van der Waals surface area contributed by atoms with Gasteiger partial charge in [-0.1, -0.05) is 51.5 Å². The number of aliphatic hydroxyl groups is 1. The molecule has 0 heterocycles. The van der Waals surface area contributed by atoms with E-state index in [0.29, 0.717) is 5.25 Å². The summed E-state index contributed by atoms with van der Waals surface area (Å²) in [6.45, 7) is 12.3. The van der Waals surface area contributed by atoms with Crippen molar-refractivity contribution in [3.05, 3.63) is 34.9 Å². The minimum absolute atomic E-state index is 0.145. The van der Waals surface area contributed by atoms with Crippen molar-refractivity contribution in [1.29, 1.82) is 0 Å². The highest BCUT2D eigenvalue weighted by molar-refractivity contribution is 7.80. The van der Waals surface area contributed by atoms with E-state index in [0.717, 1.165) is 5.56 Å². The van der Waals surface area contributed by atoms with Gasteiger partial charge in [0.05, 0.1) is 6.61 Å². The molecule has 16 heavy (non-hydrogen) atoms. The van der Waals surface area contributed by atoms with Crippen LogP contribution in [0.15, 0.2) is 18.2 Å². The van der Waals surface area contributed by atoms with Crippen LogP contribution in [0.5, 0.6) is 0 Å². The van der Waals surface area contributed by atoms with Crippen LogP contribution in [0.25, 0.3) is 0 Å². The van der Waals surface area contributed by atoms with Crippen LogP contribution < -0.4 is 0 Å². The third kappa shape index (κ3) is 10.1. The Kier molecular flexibility index (Phi) is 12.3. The molecule has 0 fully saturated rings. The Morgan fingerprint density at radius 2 is 1.62 bits per heavy atom. The molecule has 1 aromatic carbocycles. The maximum absolute atomic E-state index is 8.81. The van der Waals surface area contributed by atoms with Crippen molar-refractivity contribution in [3.63, 3.8) is 0 Å². The monoisotopic (exact) mass is 242 g/mol. The maximum Gasteiger partial charge on any atom is 0.0684 e. The van der Waals surface area contributed by atoms with E-state index in [1.54, 1.807) is 0 Å². The number of aliphatic hydroxyl groups excluding tert-OH is 1. The standard InChI is InChI=1S/C9H12O.C3H8S.C2H6/c1-7-3-4-9(6-10)8(2)5-7;1-3(2)4;1-2/h3-5,10H,6H2,1-2H3;3-4H,1-2H3;1-2H3. The molecule has 0 aliphatic carbocycles. The van der Waals surface area contributed by atoms with E-state index in [1.807, 2.05) is 53.7 Å². The lowest BCUT2D eigenvalue weighted by molar-refractivity contribution is 0.281. The van der Waals surface area contributed by atoms with Crippen LogP contribution in [0.2, 0.25) is 0 Å². The van der Waals surface area contributed by atoms with Gasteiger partial charge in [0, 0.05) is 0 Å². The van der Waals surface area contributed by atoms with Gasteiger partial charge < -0.3 is 5.11 Å². The first-order chi connectivity index (χ1) is 7.47. The molecule has 0 aliphatic heterocycles. The van der Waals surface area contributed by atoms with Crippen molar-refractivity contribution in [2.45, 2.75) is 53.4 Å². The van der Waals surface area contributed by atoms with E-state index in [-0.39, 0.29) is 6.61 Å². The van der Waals surface area contributed by atoms with Gasteiger partial charge in [0.2, 0.25) is 0 Å². The Morgan fingerprint density at radius 1 is 1.19 bits per heavy atom. The normalized spacial score (nSPS) is 8.81. The van der Waals surface area contributed by atoms with Gasteiger partial charge >= 0.3 is 0 Å². The molecule has 0 aromatic heterocycles. The number of hydrogen-bond donors (Lipinski definition) is 2. The quantitative estimate of drug-likeness (QED) is 0.709. The molecule has 0 saturated carbocycles. The molecule has 0 radical (unpaired) electrons. The van der Waals surface area contributed by atoms with Crippen LogP contribution in [0.1, 0.15) is 44.4 Å². The topological polar surface area (TPSA) is 20.2 Å². The molecule has 0 atom stereocenters. The molecule has 0 spiro atoms. The highest BCUT2D eigenvalue weighted by Crippen LogP contribution is 2.09. The average molecular weight is 242 g/mol.